The molecule has 0 amide bonds. The first kappa shape index (κ1) is 16.0. The van der Waals surface area contributed by atoms with E-state index < -0.39 is 5.97 Å². The van der Waals surface area contributed by atoms with Gasteiger partial charge in [-0.2, -0.15) is 0 Å². The molecule has 4 rings (SSSR count). The van der Waals surface area contributed by atoms with E-state index >= 15 is 0 Å². The molecule has 0 aromatic heterocycles. The number of rotatable bonds is 2. The van der Waals surface area contributed by atoms with Crippen molar-refractivity contribution in [2.45, 2.75) is 44.7 Å². The summed E-state index contributed by atoms with van der Waals surface area (Å²) in [4.78, 5) is 14.1. The SMILES string of the molecule is COC(=O)c1cc(F)c2c(c1)CCN(C1CCC3(CC1)CNC3)C2. The van der Waals surface area contributed by atoms with Crippen molar-refractivity contribution in [1.82, 2.24) is 10.2 Å². The van der Waals surface area contributed by atoms with Gasteiger partial charge in [-0.3, -0.25) is 4.90 Å². The molecule has 3 aliphatic rings. The summed E-state index contributed by atoms with van der Waals surface area (Å²) in [6, 6.07) is 3.70. The van der Waals surface area contributed by atoms with E-state index in [0.29, 0.717) is 23.6 Å². The number of hydrogen-bond donors (Lipinski definition) is 1. The predicted octanol–water partition coefficient (Wildman–Crippen LogP) is 2.50. The summed E-state index contributed by atoms with van der Waals surface area (Å²) in [7, 11) is 1.33. The minimum absolute atomic E-state index is 0.270. The smallest absolute Gasteiger partial charge is 0.337 e. The molecule has 2 heterocycles. The Bertz CT molecular complexity index is 647. The Morgan fingerprint density at radius 2 is 2.08 bits per heavy atom. The Morgan fingerprint density at radius 3 is 2.71 bits per heavy atom. The van der Waals surface area contributed by atoms with Crippen LogP contribution in [0.15, 0.2) is 12.1 Å². The molecule has 4 nitrogen and oxygen atoms in total. The van der Waals surface area contributed by atoms with Crippen LogP contribution in [-0.4, -0.2) is 43.7 Å². The molecule has 1 saturated heterocycles. The largest absolute Gasteiger partial charge is 0.465 e. The molecule has 0 bridgehead atoms. The maximum atomic E-state index is 14.5. The lowest BCUT2D eigenvalue weighted by Crippen LogP contribution is -2.56. The van der Waals surface area contributed by atoms with Crippen LogP contribution in [0, 0.1) is 11.2 Å². The van der Waals surface area contributed by atoms with E-state index in [-0.39, 0.29) is 5.82 Å². The number of carbonyl (C=O) groups is 1. The first-order valence-electron chi connectivity index (χ1n) is 8.95. The lowest BCUT2D eigenvalue weighted by Gasteiger charge is -2.49. The highest BCUT2D eigenvalue weighted by Gasteiger charge is 2.41. The van der Waals surface area contributed by atoms with Gasteiger partial charge in [0.1, 0.15) is 5.82 Å². The Hall–Kier alpha value is -1.46. The van der Waals surface area contributed by atoms with Gasteiger partial charge in [0.05, 0.1) is 12.7 Å². The summed E-state index contributed by atoms with van der Waals surface area (Å²) in [6.45, 7) is 3.96. The summed E-state index contributed by atoms with van der Waals surface area (Å²) in [5, 5.41) is 3.40. The molecule has 0 unspecified atom stereocenters. The molecule has 130 valence electrons. The number of nitrogens with zero attached hydrogens (tertiary/aromatic N) is 1. The van der Waals surface area contributed by atoms with Crippen LogP contribution < -0.4 is 5.32 Å². The van der Waals surface area contributed by atoms with Gasteiger partial charge in [-0.25, -0.2) is 9.18 Å². The van der Waals surface area contributed by atoms with Gasteiger partial charge in [-0.1, -0.05) is 0 Å². The number of methoxy groups -OCH3 is 1. The van der Waals surface area contributed by atoms with Gasteiger partial charge >= 0.3 is 5.97 Å². The van der Waals surface area contributed by atoms with Crippen molar-refractivity contribution in [3.8, 4) is 0 Å². The molecule has 5 heteroatoms. The minimum atomic E-state index is -0.467. The first-order valence-corrected chi connectivity index (χ1v) is 8.95. The summed E-state index contributed by atoms with van der Waals surface area (Å²) >= 11 is 0. The topological polar surface area (TPSA) is 41.6 Å². The van der Waals surface area contributed by atoms with Crippen molar-refractivity contribution in [3.05, 3.63) is 34.6 Å². The van der Waals surface area contributed by atoms with Crippen LogP contribution in [0.4, 0.5) is 4.39 Å². The van der Waals surface area contributed by atoms with Gasteiger partial charge in [-0.05, 0) is 55.2 Å². The van der Waals surface area contributed by atoms with Crippen LogP contribution in [0.1, 0.15) is 47.2 Å². The maximum absolute atomic E-state index is 14.5. The highest BCUT2D eigenvalue weighted by atomic mass is 19.1. The maximum Gasteiger partial charge on any atom is 0.337 e. The molecule has 2 fully saturated rings. The van der Waals surface area contributed by atoms with Crippen LogP contribution in [0.25, 0.3) is 0 Å². The molecule has 1 N–H and O–H groups in total. The van der Waals surface area contributed by atoms with Gasteiger partial charge in [0.25, 0.3) is 0 Å². The lowest BCUT2D eigenvalue weighted by atomic mass is 9.68. The van der Waals surface area contributed by atoms with Crippen molar-refractivity contribution >= 4 is 5.97 Å². The van der Waals surface area contributed by atoms with Gasteiger partial charge in [-0.15, -0.1) is 0 Å². The standard InChI is InChI=1S/C19H25FN2O2/c1-24-18(23)14-8-13-4-7-22(10-16(13)17(20)9-14)15-2-5-19(6-3-15)11-21-12-19/h8-9,15,21H,2-7,10-12H2,1H3. The van der Waals surface area contributed by atoms with Gasteiger partial charge in [0.15, 0.2) is 0 Å². The number of esters is 1. The third-order valence-electron chi connectivity index (χ3n) is 6.27. The molecule has 0 atom stereocenters. The quantitative estimate of drug-likeness (QED) is 0.845. The fourth-order valence-electron chi connectivity index (χ4n) is 4.60. The Morgan fingerprint density at radius 1 is 1.33 bits per heavy atom. The summed E-state index contributed by atoms with van der Waals surface area (Å²) < 4.78 is 19.2. The fourth-order valence-corrected chi connectivity index (χ4v) is 4.60. The van der Waals surface area contributed by atoms with Crippen molar-refractivity contribution in [2.24, 2.45) is 5.41 Å². The van der Waals surface area contributed by atoms with Crippen molar-refractivity contribution in [2.75, 3.05) is 26.7 Å². The van der Waals surface area contributed by atoms with Crippen LogP contribution in [0.5, 0.6) is 0 Å². The second kappa shape index (κ2) is 6.12. The zero-order valence-electron chi connectivity index (χ0n) is 14.2. The molecule has 1 spiro atoms. The van der Waals surface area contributed by atoms with E-state index in [1.54, 1.807) is 6.07 Å². The Labute approximate surface area is 142 Å². The van der Waals surface area contributed by atoms with E-state index in [4.69, 9.17) is 4.74 Å². The number of hydrogen-bond acceptors (Lipinski definition) is 4. The monoisotopic (exact) mass is 332 g/mol. The third-order valence-corrected chi connectivity index (χ3v) is 6.27. The molecule has 24 heavy (non-hydrogen) atoms. The number of nitrogens with one attached hydrogen (secondary N) is 1. The second-order valence-corrected chi connectivity index (χ2v) is 7.64. The summed E-state index contributed by atoms with van der Waals surface area (Å²) in [6.07, 6.45) is 5.83. The Kier molecular flexibility index (Phi) is 4.09. The van der Waals surface area contributed by atoms with Crippen LogP contribution in [-0.2, 0) is 17.7 Å². The number of benzene rings is 1. The highest BCUT2D eigenvalue weighted by Crippen LogP contribution is 2.41. The van der Waals surface area contributed by atoms with E-state index in [9.17, 15) is 9.18 Å². The second-order valence-electron chi connectivity index (χ2n) is 7.64. The van der Waals surface area contributed by atoms with Crippen molar-refractivity contribution in [3.63, 3.8) is 0 Å². The van der Waals surface area contributed by atoms with Gasteiger partial charge in [0.2, 0.25) is 0 Å². The van der Waals surface area contributed by atoms with Gasteiger partial charge in [0, 0.05) is 37.8 Å². The minimum Gasteiger partial charge on any atom is -0.465 e. The van der Waals surface area contributed by atoms with Crippen molar-refractivity contribution < 1.29 is 13.9 Å². The van der Waals surface area contributed by atoms with E-state index in [1.807, 2.05) is 0 Å². The fraction of sp³-hybridized carbons (Fsp3) is 0.632. The third kappa shape index (κ3) is 2.74. The normalized spacial score (nSPS) is 23.6. The van der Waals surface area contributed by atoms with Crippen LogP contribution in [0.3, 0.4) is 0 Å². The average Bonchev–Trinajstić information content (AvgIpc) is 2.59. The number of fused-ring (bicyclic) bond motifs is 1. The average molecular weight is 332 g/mol. The van der Waals surface area contributed by atoms with Gasteiger partial charge < -0.3 is 10.1 Å². The summed E-state index contributed by atoms with van der Waals surface area (Å²) in [5.41, 5.74) is 2.60. The molecule has 0 radical (unpaired) electrons. The molecule has 1 aliphatic carbocycles. The number of carbonyl (C=O) groups excluding carboxylic acids is 1. The number of ether oxygens (including phenoxy) is 1. The van der Waals surface area contributed by atoms with Crippen LogP contribution in [0.2, 0.25) is 0 Å². The molecule has 1 aromatic rings. The van der Waals surface area contributed by atoms with Crippen molar-refractivity contribution in [1.29, 1.82) is 0 Å². The lowest BCUT2D eigenvalue weighted by molar-refractivity contribution is 0.0442. The molecule has 2 aliphatic heterocycles. The Balaban J connectivity index is 1.47. The molecular formula is C19H25FN2O2. The van der Waals surface area contributed by atoms with E-state index in [1.165, 1.54) is 51.9 Å². The van der Waals surface area contributed by atoms with Crippen LogP contribution >= 0.6 is 0 Å². The van der Waals surface area contributed by atoms with E-state index in [2.05, 4.69) is 10.2 Å². The zero-order chi connectivity index (χ0) is 16.7. The molecule has 1 aromatic carbocycles. The predicted molar refractivity (Wildman–Crippen MR) is 89.4 cm³/mol. The number of halogens is 1. The molecular weight excluding hydrogens is 307 g/mol. The first-order chi connectivity index (χ1) is 11.6. The summed E-state index contributed by atoms with van der Waals surface area (Å²) in [5.74, 6) is -0.737. The zero-order valence-corrected chi connectivity index (χ0v) is 14.2. The van der Waals surface area contributed by atoms with E-state index in [0.717, 1.165) is 24.1 Å². The highest BCUT2D eigenvalue weighted by molar-refractivity contribution is 5.89. The molecule has 1 saturated carbocycles.